The number of hydrogen-bond donors (Lipinski definition) is 2. The summed E-state index contributed by atoms with van der Waals surface area (Å²) in [5, 5.41) is 5.59. The molecular formula is C19H22N2O4. The van der Waals surface area contributed by atoms with E-state index in [1.165, 1.54) is 6.92 Å². The zero-order chi connectivity index (χ0) is 18.2. The number of anilines is 1. The third-order valence-corrected chi connectivity index (χ3v) is 3.55. The normalized spacial score (nSPS) is 10.0. The largest absolute Gasteiger partial charge is 0.493 e. The average molecular weight is 342 g/mol. The molecule has 0 aliphatic heterocycles. The molecule has 0 radical (unpaired) electrons. The van der Waals surface area contributed by atoms with Crippen molar-refractivity contribution >= 4 is 17.5 Å². The van der Waals surface area contributed by atoms with Gasteiger partial charge < -0.3 is 20.1 Å². The molecular weight excluding hydrogens is 320 g/mol. The molecule has 0 fully saturated rings. The maximum Gasteiger partial charge on any atom is 0.224 e. The summed E-state index contributed by atoms with van der Waals surface area (Å²) in [7, 11) is 3.13. The Morgan fingerprint density at radius 1 is 0.960 bits per heavy atom. The fourth-order valence-electron chi connectivity index (χ4n) is 2.40. The van der Waals surface area contributed by atoms with Crippen LogP contribution in [0.4, 0.5) is 5.69 Å². The van der Waals surface area contributed by atoms with Gasteiger partial charge in [-0.05, 0) is 35.4 Å². The lowest BCUT2D eigenvalue weighted by molar-refractivity contribution is -0.120. The molecule has 0 saturated carbocycles. The van der Waals surface area contributed by atoms with E-state index in [4.69, 9.17) is 9.47 Å². The summed E-state index contributed by atoms with van der Waals surface area (Å²) in [6.45, 7) is 1.84. The summed E-state index contributed by atoms with van der Waals surface area (Å²) in [5.41, 5.74) is 2.45. The first-order valence-corrected chi connectivity index (χ1v) is 7.86. The number of benzene rings is 2. The fourth-order valence-corrected chi connectivity index (χ4v) is 2.40. The van der Waals surface area contributed by atoms with Crippen molar-refractivity contribution in [2.45, 2.75) is 19.9 Å². The molecule has 0 aromatic heterocycles. The van der Waals surface area contributed by atoms with Gasteiger partial charge in [0.05, 0.1) is 20.6 Å². The summed E-state index contributed by atoms with van der Waals surface area (Å²) >= 11 is 0. The molecule has 0 saturated heterocycles. The zero-order valence-corrected chi connectivity index (χ0v) is 14.6. The van der Waals surface area contributed by atoms with Gasteiger partial charge in [-0.15, -0.1) is 0 Å². The molecule has 6 nitrogen and oxygen atoms in total. The average Bonchev–Trinajstić information content (AvgIpc) is 2.59. The summed E-state index contributed by atoms with van der Waals surface area (Å²) < 4.78 is 10.4. The first kappa shape index (κ1) is 18.3. The minimum atomic E-state index is -0.130. The Morgan fingerprint density at radius 3 is 2.40 bits per heavy atom. The minimum absolute atomic E-state index is 0.0999. The van der Waals surface area contributed by atoms with Crippen LogP contribution in [0.15, 0.2) is 42.5 Å². The SMILES string of the molecule is COc1ccc(CC(=O)NCc2cccc(NC(C)=O)c2)cc1OC. The lowest BCUT2D eigenvalue weighted by atomic mass is 10.1. The topological polar surface area (TPSA) is 76.7 Å². The van der Waals surface area contributed by atoms with Crippen LogP contribution in [-0.2, 0) is 22.6 Å². The Morgan fingerprint density at radius 2 is 1.72 bits per heavy atom. The number of carbonyl (C=O) groups is 2. The molecule has 25 heavy (non-hydrogen) atoms. The lowest BCUT2D eigenvalue weighted by Gasteiger charge is -2.10. The number of nitrogens with one attached hydrogen (secondary N) is 2. The first-order valence-electron chi connectivity index (χ1n) is 7.86. The molecule has 0 unspecified atom stereocenters. The van der Waals surface area contributed by atoms with E-state index >= 15 is 0 Å². The molecule has 2 rings (SSSR count). The Bertz CT molecular complexity index is 759. The smallest absolute Gasteiger partial charge is 0.224 e. The van der Waals surface area contributed by atoms with Crippen LogP contribution in [0, 0.1) is 0 Å². The fraction of sp³-hybridized carbons (Fsp3) is 0.263. The Hall–Kier alpha value is -3.02. The second-order valence-electron chi connectivity index (χ2n) is 5.52. The molecule has 0 aliphatic rings. The highest BCUT2D eigenvalue weighted by Crippen LogP contribution is 2.27. The van der Waals surface area contributed by atoms with Crippen molar-refractivity contribution in [2.24, 2.45) is 0 Å². The van der Waals surface area contributed by atoms with Crippen LogP contribution in [-0.4, -0.2) is 26.0 Å². The van der Waals surface area contributed by atoms with Gasteiger partial charge in [0.15, 0.2) is 11.5 Å². The molecule has 0 heterocycles. The van der Waals surface area contributed by atoms with Crippen LogP contribution in [0.3, 0.4) is 0 Å². The van der Waals surface area contributed by atoms with Crippen molar-refractivity contribution in [1.29, 1.82) is 0 Å². The van der Waals surface area contributed by atoms with Crippen LogP contribution in [0.25, 0.3) is 0 Å². The third-order valence-electron chi connectivity index (χ3n) is 3.55. The molecule has 6 heteroatoms. The van der Waals surface area contributed by atoms with E-state index in [-0.39, 0.29) is 18.2 Å². The van der Waals surface area contributed by atoms with Crippen molar-refractivity contribution < 1.29 is 19.1 Å². The van der Waals surface area contributed by atoms with Gasteiger partial charge in [0, 0.05) is 19.2 Å². The van der Waals surface area contributed by atoms with Crippen LogP contribution in [0.1, 0.15) is 18.1 Å². The van der Waals surface area contributed by atoms with Crippen molar-refractivity contribution in [3.63, 3.8) is 0 Å². The predicted octanol–water partition coefficient (Wildman–Crippen LogP) is 2.52. The standard InChI is InChI=1S/C19H22N2O4/c1-13(22)21-16-6-4-5-15(9-16)12-20-19(23)11-14-7-8-17(24-2)18(10-14)25-3/h4-10H,11-12H2,1-3H3,(H,20,23)(H,21,22). The van der Waals surface area contributed by atoms with Crippen LogP contribution < -0.4 is 20.1 Å². The Kier molecular flexibility index (Phi) is 6.39. The van der Waals surface area contributed by atoms with Gasteiger partial charge in [0.25, 0.3) is 0 Å². The highest BCUT2D eigenvalue weighted by molar-refractivity contribution is 5.88. The molecule has 0 atom stereocenters. The third kappa shape index (κ3) is 5.53. The van der Waals surface area contributed by atoms with E-state index in [0.29, 0.717) is 23.7 Å². The number of hydrogen-bond acceptors (Lipinski definition) is 4. The quantitative estimate of drug-likeness (QED) is 0.811. The number of rotatable bonds is 7. The summed E-state index contributed by atoms with van der Waals surface area (Å²) in [6.07, 6.45) is 0.242. The maximum atomic E-state index is 12.1. The summed E-state index contributed by atoms with van der Waals surface area (Å²) in [4.78, 5) is 23.2. The van der Waals surface area contributed by atoms with Crippen LogP contribution >= 0.6 is 0 Å². The van der Waals surface area contributed by atoms with Gasteiger partial charge in [-0.25, -0.2) is 0 Å². The molecule has 2 N–H and O–H groups in total. The number of amides is 2. The summed E-state index contributed by atoms with van der Waals surface area (Å²) in [6, 6.07) is 12.8. The molecule has 2 aromatic rings. The number of methoxy groups -OCH3 is 2. The van der Waals surface area contributed by atoms with Crippen molar-refractivity contribution in [3.05, 3.63) is 53.6 Å². The van der Waals surface area contributed by atoms with Gasteiger partial charge in [-0.1, -0.05) is 18.2 Å². The highest BCUT2D eigenvalue weighted by Gasteiger charge is 2.08. The second kappa shape index (κ2) is 8.73. The van der Waals surface area contributed by atoms with Gasteiger partial charge in [0.2, 0.25) is 11.8 Å². The molecule has 0 spiro atoms. The first-order chi connectivity index (χ1) is 12.0. The zero-order valence-electron chi connectivity index (χ0n) is 14.6. The van der Waals surface area contributed by atoms with Crippen LogP contribution in [0.5, 0.6) is 11.5 Å². The number of ether oxygens (including phenoxy) is 2. The molecule has 0 aliphatic carbocycles. The van der Waals surface area contributed by atoms with E-state index in [2.05, 4.69) is 10.6 Å². The molecule has 2 amide bonds. The van der Waals surface area contributed by atoms with Gasteiger partial charge >= 0.3 is 0 Å². The van der Waals surface area contributed by atoms with Gasteiger partial charge in [0.1, 0.15) is 0 Å². The predicted molar refractivity (Wildman–Crippen MR) is 95.8 cm³/mol. The van der Waals surface area contributed by atoms with E-state index in [1.54, 1.807) is 32.4 Å². The van der Waals surface area contributed by atoms with E-state index in [0.717, 1.165) is 11.1 Å². The monoisotopic (exact) mass is 342 g/mol. The van der Waals surface area contributed by atoms with Crippen LogP contribution in [0.2, 0.25) is 0 Å². The van der Waals surface area contributed by atoms with E-state index < -0.39 is 0 Å². The van der Waals surface area contributed by atoms with Crippen molar-refractivity contribution in [2.75, 3.05) is 19.5 Å². The van der Waals surface area contributed by atoms with Crippen molar-refractivity contribution in [1.82, 2.24) is 5.32 Å². The molecule has 2 aromatic carbocycles. The second-order valence-corrected chi connectivity index (χ2v) is 5.52. The number of carbonyl (C=O) groups excluding carboxylic acids is 2. The van der Waals surface area contributed by atoms with E-state index in [9.17, 15) is 9.59 Å². The van der Waals surface area contributed by atoms with E-state index in [1.807, 2.05) is 24.3 Å². The Labute approximate surface area is 147 Å². The Balaban J connectivity index is 1.93. The van der Waals surface area contributed by atoms with Crippen molar-refractivity contribution in [3.8, 4) is 11.5 Å². The highest BCUT2D eigenvalue weighted by atomic mass is 16.5. The minimum Gasteiger partial charge on any atom is -0.493 e. The van der Waals surface area contributed by atoms with Gasteiger partial charge in [-0.3, -0.25) is 9.59 Å². The maximum absolute atomic E-state index is 12.1. The van der Waals surface area contributed by atoms with Gasteiger partial charge in [-0.2, -0.15) is 0 Å². The molecule has 132 valence electrons. The molecule has 0 bridgehead atoms. The summed E-state index contributed by atoms with van der Waals surface area (Å²) in [5.74, 6) is 0.990. The lowest BCUT2D eigenvalue weighted by Crippen LogP contribution is -2.24.